The van der Waals surface area contributed by atoms with E-state index in [4.69, 9.17) is 9.52 Å². The quantitative estimate of drug-likeness (QED) is 0.890. The van der Waals surface area contributed by atoms with Crippen molar-refractivity contribution in [2.75, 3.05) is 13.1 Å². The number of carboxylic acids is 1. The van der Waals surface area contributed by atoms with E-state index < -0.39 is 5.97 Å². The van der Waals surface area contributed by atoms with Gasteiger partial charge in [-0.3, -0.25) is 9.69 Å². The Kier molecular flexibility index (Phi) is 3.95. The predicted molar refractivity (Wildman–Crippen MR) is 69.7 cm³/mol. The molecule has 1 saturated heterocycles. The van der Waals surface area contributed by atoms with E-state index in [0.717, 1.165) is 29.9 Å². The van der Waals surface area contributed by atoms with E-state index in [2.05, 4.69) is 36.8 Å². The largest absolute Gasteiger partial charge is 0.481 e. The van der Waals surface area contributed by atoms with Crippen LogP contribution < -0.4 is 0 Å². The fraction of sp³-hybridized carbons (Fsp3) is 0.545. The molecule has 1 unspecified atom stereocenters. The zero-order valence-electron chi connectivity index (χ0n) is 9.32. The Morgan fingerprint density at radius 3 is 2.76 bits per heavy atom. The van der Waals surface area contributed by atoms with Crippen molar-refractivity contribution in [3.63, 3.8) is 0 Å². The van der Waals surface area contributed by atoms with Gasteiger partial charge in [0, 0.05) is 13.1 Å². The number of aliphatic carboxylic acids is 1. The second kappa shape index (κ2) is 5.12. The van der Waals surface area contributed by atoms with Crippen molar-refractivity contribution in [1.82, 2.24) is 4.90 Å². The molecule has 2 heterocycles. The van der Waals surface area contributed by atoms with Crippen LogP contribution in [0.25, 0.3) is 0 Å². The Balaban J connectivity index is 1.83. The lowest BCUT2D eigenvalue weighted by Crippen LogP contribution is -2.50. The van der Waals surface area contributed by atoms with Gasteiger partial charge in [-0.25, -0.2) is 0 Å². The molecule has 0 aromatic carbocycles. The highest BCUT2D eigenvalue weighted by atomic mass is 79.9. The average Bonchev–Trinajstić information content (AvgIpc) is 2.50. The van der Waals surface area contributed by atoms with Crippen LogP contribution in [-0.2, 0) is 11.3 Å². The van der Waals surface area contributed by atoms with Crippen LogP contribution in [0.2, 0.25) is 0 Å². The Morgan fingerprint density at radius 2 is 2.29 bits per heavy atom. The predicted octanol–water partition coefficient (Wildman–Crippen LogP) is 2.96. The summed E-state index contributed by atoms with van der Waals surface area (Å²) in [6, 6.07) is 1.93. The molecule has 1 atom stereocenters. The van der Waals surface area contributed by atoms with Gasteiger partial charge in [-0.2, -0.15) is 0 Å². The molecule has 1 aliphatic rings. The molecule has 0 radical (unpaired) electrons. The van der Waals surface area contributed by atoms with E-state index in [1.807, 2.05) is 6.07 Å². The molecule has 1 aliphatic heterocycles. The van der Waals surface area contributed by atoms with Crippen molar-refractivity contribution < 1.29 is 14.3 Å². The van der Waals surface area contributed by atoms with Crippen LogP contribution in [-0.4, -0.2) is 29.1 Å². The summed E-state index contributed by atoms with van der Waals surface area (Å²) in [5, 5.41) is 8.88. The summed E-state index contributed by atoms with van der Waals surface area (Å²) in [6.07, 6.45) is 0. The van der Waals surface area contributed by atoms with Crippen LogP contribution in [0.4, 0.5) is 0 Å². The lowest BCUT2D eigenvalue weighted by atomic mass is 9.87. The summed E-state index contributed by atoms with van der Waals surface area (Å²) in [5.74, 6) is 0.166. The summed E-state index contributed by atoms with van der Waals surface area (Å²) >= 11 is 6.65. The molecule has 94 valence electrons. The van der Waals surface area contributed by atoms with Gasteiger partial charge in [0.1, 0.15) is 5.76 Å². The summed E-state index contributed by atoms with van der Waals surface area (Å²) in [5.41, 5.74) is 0. The number of rotatable bonds is 4. The van der Waals surface area contributed by atoms with Crippen LogP contribution in [0.15, 0.2) is 19.6 Å². The first-order valence-corrected chi connectivity index (χ1v) is 6.95. The fourth-order valence-corrected chi connectivity index (χ4v) is 2.61. The van der Waals surface area contributed by atoms with Crippen LogP contribution in [0, 0.1) is 11.8 Å². The van der Waals surface area contributed by atoms with Gasteiger partial charge in [0.15, 0.2) is 4.67 Å². The minimum absolute atomic E-state index is 0.259. The molecule has 0 bridgehead atoms. The Hall–Kier alpha value is -0.330. The smallest absolute Gasteiger partial charge is 0.306 e. The maximum absolute atomic E-state index is 10.8. The second-order valence-corrected chi connectivity index (χ2v) is 5.99. The molecule has 1 N–H and O–H groups in total. The zero-order chi connectivity index (χ0) is 12.6. The Morgan fingerprint density at radius 1 is 1.65 bits per heavy atom. The van der Waals surface area contributed by atoms with E-state index in [1.165, 1.54) is 0 Å². The van der Waals surface area contributed by atoms with Gasteiger partial charge < -0.3 is 9.52 Å². The molecule has 1 aromatic heterocycles. The first-order chi connectivity index (χ1) is 7.97. The van der Waals surface area contributed by atoms with Crippen molar-refractivity contribution >= 4 is 37.8 Å². The Bertz CT molecular complexity index is 407. The molecule has 6 heteroatoms. The van der Waals surface area contributed by atoms with Gasteiger partial charge in [0.25, 0.3) is 0 Å². The topological polar surface area (TPSA) is 53.7 Å². The highest BCUT2D eigenvalue weighted by Gasteiger charge is 2.34. The lowest BCUT2D eigenvalue weighted by molar-refractivity contribution is -0.145. The van der Waals surface area contributed by atoms with Gasteiger partial charge in [0.2, 0.25) is 0 Å². The third-order valence-electron chi connectivity index (χ3n) is 3.16. The molecular formula is C11H13Br2NO3. The highest BCUT2D eigenvalue weighted by Crippen LogP contribution is 2.30. The first-order valence-electron chi connectivity index (χ1n) is 5.36. The van der Waals surface area contributed by atoms with Gasteiger partial charge in [-0.1, -0.05) is 6.92 Å². The van der Waals surface area contributed by atoms with Gasteiger partial charge in [-0.05, 0) is 43.8 Å². The maximum Gasteiger partial charge on any atom is 0.306 e. The summed E-state index contributed by atoms with van der Waals surface area (Å²) in [4.78, 5) is 13.0. The van der Waals surface area contributed by atoms with Gasteiger partial charge in [0.05, 0.1) is 16.9 Å². The molecule has 0 amide bonds. The second-order valence-electron chi connectivity index (χ2n) is 4.42. The molecule has 0 aliphatic carbocycles. The van der Waals surface area contributed by atoms with Crippen LogP contribution >= 0.6 is 31.9 Å². The zero-order valence-corrected chi connectivity index (χ0v) is 12.5. The third-order valence-corrected chi connectivity index (χ3v) is 4.87. The van der Waals surface area contributed by atoms with Gasteiger partial charge in [-0.15, -0.1) is 0 Å². The van der Waals surface area contributed by atoms with Crippen LogP contribution in [0.5, 0.6) is 0 Å². The highest BCUT2D eigenvalue weighted by molar-refractivity contribution is 9.13. The fourth-order valence-electron chi connectivity index (χ4n) is 1.95. The third kappa shape index (κ3) is 2.92. The molecule has 1 aromatic rings. The van der Waals surface area contributed by atoms with Crippen molar-refractivity contribution in [3.05, 3.63) is 21.0 Å². The number of furan rings is 1. The van der Waals surface area contributed by atoms with E-state index in [1.54, 1.807) is 6.92 Å². The average molecular weight is 367 g/mol. The van der Waals surface area contributed by atoms with Gasteiger partial charge >= 0.3 is 5.97 Å². The van der Waals surface area contributed by atoms with E-state index >= 15 is 0 Å². The summed E-state index contributed by atoms with van der Waals surface area (Å²) < 4.78 is 7.08. The SMILES string of the molecule is CC(C(=O)O)C1CN(Cc2cc(Br)c(Br)o2)C1. The normalized spacial score (nSPS) is 19.0. The summed E-state index contributed by atoms with van der Waals surface area (Å²) in [6.45, 7) is 4.14. The van der Waals surface area contributed by atoms with Crippen LogP contribution in [0.1, 0.15) is 12.7 Å². The number of halogens is 2. The minimum atomic E-state index is -0.710. The van der Waals surface area contributed by atoms with Crippen molar-refractivity contribution in [1.29, 1.82) is 0 Å². The molecule has 17 heavy (non-hydrogen) atoms. The van der Waals surface area contributed by atoms with Crippen molar-refractivity contribution in [2.45, 2.75) is 13.5 Å². The van der Waals surface area contributed by atoms with Crippen molar-refractivity contribution in [3.8, 4) is 0 Å². The summed E-state index contributed by atoms with van der Waals surface area (Å²) in [7, 11) is 0. The molecule has 1 fully saturated rings. The molecule has 4 nitrogen and oxygen atoms in total. The maximum atomic E-state index is 10.8. The number of hydrogen-bond acceptors (Lipinski definition) is 3. The van der Waals surface area contributed by atoms with Crippen molar-refractivity contribution in [2.24, 2.45) is 11.8 Å². The molecule has 0 spiro atoms. The monoisotopic (exact) mass is 365 g/mol. The van der Waals surface area contributed by atoms with E-state index in [0.29, 0.717) is 4.67 Å². The van der Waals surface area contributed by atoms with Crippen LogP contribution in [0.3, 0.4) is 0 Å². The molecule has 0 saturated carbocycles. The minimum Gasteiger partial charge on any atom is -0.481 e. The number of hydrogen-bond donors (Lipinski definition) is 1. The van der Waals surface area contributed by atoms with E-state index in [9.17, 15) is 4.79 Å². The first kappa shape index (κ1) is 13.1. The molecular weight excluding hydrogens is 354 g/mol. The number of nitrogens with zero attached hydrogens (tertiary/aromatic N) is 1. The standard InChI is InChI=1S/C11H13Br2NO3/c1-6(11(15)16)7-3-14(4-7)5-8-2-9(12)10(13)17-8/h2,6-7H,3-5H2,1H3,(H,15,16). The number of carboxylic acid groups (broad SMARTS) is 1. The number of carbonyl (C=O) groups is 1. The lowest BCUT2D eigenvalue weighted by Gasteiger charge is -2.40. The van der Waals surface area contributed by atoms with E-state index in [-0.39, 0.29) is 11.8 Å². The Labute approximate surface area is 116 Å². The number of likely N-dealkylation sites (tertiary alicyclic amines) is 1. The molecule has 2 rings (SSSR count).